The lowest BCUT2D eigenvalue weighted by Crippen LogP contribution is -2.37. The molecule has 1 aliphatic carbocycles. The number of nitrogens with one attached hydrogen (secondary N) is 2. The minimum atomic E-state index is -0.0217. The first-order valence-corrected chi connectivity index (χ1v) is 7.53. The summed E-state index contributed by atoms with van der Waals surface area (Å²) in [5, 5.41) is 5.79. The highest BCUT2D eigenvalue weighted by atomic mass is 32.2. The van der Waals surface area contributed by atoms with E-state index in [2.05, 4.69) is 22.8 Å². The summed E-state index contributed by atoms with van der Waals surface area (Å²) < 4.78 is 0. The van der Waals surface area contributed by atoms with E-state index in [1.54, 1.807) is 0 Å². The fourth-order valence-corrected chi connectivity index (χ4v) is 2.48. The number of urea groups is 1. The number of carbonyl (C=O) groups is 1. The van der Waals surface area contributed by atoms with Gasteiger partial charge >= 0.3 is 6.03 Å². The first kappa shape index (κ1) is 13.3. The topological polar surface area (TPSA) is 41.1 Å². The van der Waals surface area contributed by atoms with Gasteiger partial charge in [0.2, 0.25) is 0 Å². The fourth-order valence-electron chi connectivity index (χ4n) is 1.60. The van der Waals surface area contributed by atoms with E-state index < -0.39 is 0 Å². The van der Waals surface area contributed by atoms with Crippen LogP contribution in [0.2, 0.25) is 0 Å². The quantitative estimate of drug-likeness (QED) is 0.587. The van der Waals surface area contributed by atoms with Crippen LogP contribution in [-0.2, 0) is 0 Å². The minimum absolute atomic E-state index is 0.0217. The van der Waals surface area contributed by atoms with Crippen LogP contribution in [0.5, 0.6) is 0 Å². The van der Waals surface area contributed by atoms with E-state index in [1.807, 2.05) is 30.0 Å². The molecule has 2 rings (SSSR count). The number of benzene rings is 1. The Morgan fingerprint density at radius 1 is 1.22 bits per heavy atom. The third-order valence-corrected chi connectivity index (χ3v) is 3.97. The Hall–Kier alpha value is -1.16. The first-order chi connectivity index (χ1) is 8.84. The van der Waals surface area contributed by atoms with Crippen molar-refractivity contribution in [3.63, 3.8) is 0 Å². The van der Waals surface area contributed by atoms with Crippen molar-refractivity contribution < 1.29 is 4.79 Å². The Bertz CT molecular complexity index is 365. The minimum Gasteiger partial charge on any atom is -0.338 e. The first-order valence-electron chi connectivity index (χ1n) is 6.54. The highest BCUT2D eigenvalue weighted by Gasteiger charge is 2.21. The van der Waals surface area contributed by atoms with Gasteiger partial charge in [0.1, 0.15) is 0 Å². The molecule has 1 aliphatic rings. The molecule has 1 aromatic carbocycles. The van der Waals surface area contributed by atoms with Crippen molar-refractivity contribution in [3.8, 4) is 0 Å². The van der Waals surface area contributed by atoms with Crippen LogP contribution in [0, 0.1) is 5.92 Å². The normalized spacial score (nSPS) is 14.2. The smallest absolute Gasteiger partial charge is 0.314 e. The predicted octanol–water partition coefficient (Wildman–Crippen LogP) is 2.88. The van der Waals surface area contributed by atoms with Crippen molar-refractivity contribution in [2.75, 3.05) is 18.8 Å². The number of thioether (sulfide) groups is 1. The summed E-state index contributed by atoms with van der Waals surface area (Å²) in [4.78, 5) is 12.7. The van der Waals surface area contributed by atoms with E-state index in [0.717, 1.165) is 31.2 Å². The second kappa shape index (κ2) is 7.31. The molecule has 1 aromatic rings. The predicted molar refractivity (Wildman–Crippen MR) is 75.9 cm³/mol. The average Bonchev–Trinajstić information content (AvgIpc) is 3.21. The summed E-state index contributed by atoms with van der Waals surface area (Å²) in [5.74, 6) is 1.77. The van der Waals surface area contributed by atoms with Crippen LogP contribution in [0.4, 0.5) is 4.79 Å². The lowest BCUT2D eigenvalue weighted by atomic mass is 10.4. The molecule has 0 aromatic heterocycles. The van der Waals surface area contributed by atoms with E-state index >= 15 is 0 Å². The summed E-state index contributed by atoms with van der Waals surface area (Å²) in [7, 11) is 0. The SMILES string of the molecule is O=C(NCCCSc1ccccc1)NCC1CC1. The molecule has 0 spiro atoms. The fraction of sp³-hybridized carbons (Fsp3) is 0.500. The number of amides is 2. The maximum absolute atomic E-state index is 11.4. The summed E-state index contributed by atoms with van der Waals surface area (Å²) in [6, 6.07) is 10.3. The highest BCUT2D eigenvalue weighted by molar-refractivity contribution is 7.99. The highest BCUT2D eigenvalue weighted by Crippen LogP contribution is 2.27. The monoisotopic (exact) mass is 264 g/mol. The van der Waals surface area contributed by atoms with E-state index in [1.165, 1.54) is 17.7 Å². The summed E-state index contributed by atoms with van der Waals surface area (Å²) in [6.45, 7) is 1.58. The molecule has 2 amide bonds. The molecule has 0 saturated heterocycles. The van der Waals surface area contributed by atoms with Gasteiger partial charge in [0, 0.05) is 18.0 Å². The van der Waals surface area contributed by atoms with Crippen LogP contribution in [0.3, 0.4) is 0 Å². The maximum atomic E-state index is 11.4. The second-order valence-corrected chi connectivity index (χ2v) is 5.76. The molecule has 0 unspecified atom stereocenters. The van der Waals surface area contributed by atoms with E-state index in [9.17, 15) is 4.79 Å². The molecule has 1 fully saturated rings. The van der Waals surface area contributed by atoms with Gasteiger partial charge in [0.15, 0.2) is 0 Å². The van der Waals surface area contributed by atoms with E-state index in [-0.39, 0.29) is 6.03 Å². The molecule has 4 heteroatoms. The number of hydrogen-bond acceptors (Lipinski definition) is 2. The summed E-state index contributed by atoms with van der Waals surface area (Å²) in [6.07, 6.45) is 3.54. The molecular weight excluding hydrogens is 244 g/mol. The van der Waals surface area contributed by atoms with Crippen molar-refractivity contribution in [3.05, 3.63) is 30.3 Å². The number of hydrogen-bond donors (Lipinski definition) is 2. The average molecular weight is 264 g/mol. The van der Waals surface area contributed by atoms with Crippen molar-refractivity contribution >= 4 is 17.8 Å². The lowest BCUT2D eigenvalue weighted by molar-refractivity contribution is 0.240. The van der Waals surface area contributed by atoms with Gasteiger partial charge in [-0.3, -0.25) is 0 Å². The molecule has 18 heavy (non-hydrogen) atoms. The van der Waals surface area contributed by atoms with Crippen LogP contribution in [-0.4, -0.2) is 24.9 Å². The standard InChI is InChI=1S/C14H20N2OS/c17-14(16-11-12-7-8-12)15-9-4-10-18-13-5-2-1-3-6-13/h1-3,5-6,12H,4,7-11H2,(H2,15,16,17). The third kappa shape index (κ3) is 5.45. The molecular formula is C14H20N2OS. The van der Waals surface area contributed by atoms with Gasteiger partial charge < -0.3 is 10.6 Å². The largest absolute Gasteiger partial charge is 0.338 e. The van der Waals surface area contributed by atoms with Crippen LogP contribution in [0.25, 0.3) is 0 Å². The Labute approximate surface area is 113 Å². The van der Waals surface area contributed by atoms with Crippen LogP contribution >= 0.6 is 11.8 Å². The lowest BCUT2D eigenvalue weighted by Gasteiger charge is -2.06. The van der Waals surface area contributed by atoms with Crippen molar-refractivity contribution in [2.24, 2.45) is 5.92 Å². The van der Waals surface area contributed by atoms with Gasteiger partial charge in [0.05, 0.1) is 0 Å². The number of rotatable bonds is 7. The zero-order valence-electron chi connectivity index (χ0n) is 10.5. The molecule has 98 valence electrons. The van der Waals surface area contributed by atoms with Crippen LogP contribution in [0.15, 0.2) is 35.2 Å². The van der Waals surface area contributed by atoms with Gasteiger partial charge in [-0.15, -0.1) is 11.8 Å². The zero-order chi connectivity index (χ0) is 12.6. The van der Waals surface area contributed by atoms with Gasteiger partial charge in [-0.25, -0.2) is 4.79 Å². The molecule has 3 nitrogen and oxygen atoms in total. The Morgan fingerprint density at radius 2 is 2.00 bits per heavy atom. The van der Waals surface area contributed by atoms with Crippen molar-refractivity contribution in [1.82, 2.24) is 10.6 Å². The Morgan fingerprint density at radius 3 is 2.72 bits per heavy atom. The third-order valence-electron chi connectivity index (χ3n) is 2.87. The molecule has 2 N–H and O–H groups in total. The van der Waals surface area contributed by atoms with Gasteiger partial charge in [0.25, 0.3) is 0 Å². The van der Waals surface area contributed by atoms with Gasteiger partial charge in [-0.2, -0.15) is 0 Å². The molecule has 1 saturated carbocycles. The van der Waals surface area contributed by atoms with E-state index in [4.69, 9.17) is 0 Å². The molecule has 0 atom stereocenters. The Kier molecular flexibility index (Phi) is 5.39. The summed E-state index contributed by atoms with van der Waals surface area (Å²) >= 11 is 1.83. The molecule has 0 aliphatic heterocycles. The maximum Gasteiger partial charge on any atom is 0.314 e. The Balaban J connectivity index is 1.46. The molecule has 0 radical (unpaired) electrons. The van der Waals surface area contributed by atoms with Crippen molar-refractivity contribution in [1.29, 1.82) is 0 Å². The van der Waals surface area contributed by atoms with Crippen LogP contribution in [0.1, 0.15) is 19.3 Å². The van der Waals surface area contributed by atoms with Gasteiger partial charge in [-0.05, 0) is 43.1 Å². The molecule has 0 bridgehead atoms. The zero-order valence-corrected chi connectivity index (χ0v) is 11.3. The van der Waals surface area contributed by atoms with Crippen molar-refractivity contribution in [2.45, 2.75) is 24.2 Å². The van der Waals surface area contributed by atoms with Gasteiger partial charge in [-0.1, -0.05) is 18.2 Å². The van der Waals surface area contributed by atoms with E-state index in [0.29, 0.717) is 0 Å². The van der Waals surface area contributed by atoms with Crippen LogP contribution < -0.4 is 10.6 Å². The molecule has 0 heterocycles. The second-order valence-electron chi connectivity index (χ2n) is 4.60. The summed E-state index contributed by atoms with van der Waals surface area (Å²) in [5.41, 5.74) is 0. The number of carbonyl (C=O) groups excluding carboxylic acids is 1.